The van der Waals surface area contributed by atoms with Crippen LogP contribution in [0.1, 0.15) is 18.4 Å². The molecule has 0 bridgehead atoms. The van der Waals surface area contributed by atoms with Gasteiger partial charge in [-0.2, -0.15) is 0 Å². The fraction of sp³-hybridized carbons (Fsp3) is 0.625. The number of nitrogens with zero attached hydrogens (tertiary/aromatic N) is 3. The third-order valence-electron chi connectivity index (χ3n) is 3.96. The zero-order chi connectivity index (χ0) is 15.8. The Labute approximate surface area is 132 Å². The van der Waals surface area contributed by atoms with Gasteiger partial charge in [0.1, 0.15) is 5.82 Å². The van der Waals surface area contributed by atoms with Crippen molar-refractivity contribution in [1.82, 2.24) is 20.5 Å². The second-order valence-electron chi connectivity index (χ2n) is 5.80. The number of hydrogen-bond acceptors (Lipinski definition) is 5. The average Bonchev–Trinajstić information content (AvgIpc) is 2.54. The van der Waals surface area contributed by atoms with Gasteiger partial charge in [0.25, 0.3) is 0 Å². The molecule has 1 saturated heterocycles. The number of pyridine rings is 1. The quantitative estimate of drug-likeness (QED) is 0.716. The predicted octanol–water partition coefficient (Wildman–Crippen LogP) is 0.449. The molecular weight excluding hydrogens is 278 g/mol. The van der Waals surface area contributed by atoms with Gasteiger partial charge in [-0.3, -0.25) is 4.79 Å². The number of nitrogens with one attached hydrogen (secondary N) is 2. The van der Waals surface area contributed by atoms with Crippen molar-refractivity contribution in [3.63, 3.8) is 0 Å². The highest BCUT2D eigenvalue weighted by Gasteiger charge is 2.15. The van der Waals surface area contributed by atoms with E-state index in [1.165, 1.54) is 0 Å². The van der Waals surface area contributed by atoms with Gasteiger partial charge in [-0.15, -0.1) is 0 Å². The number of aromatic nitrogens is 1. The van der Waals surface area contributed by atoms with Crippen LogP contribution in [-0.2, 0) is 11.3 Å². The van der Waals surface area contributed by atoms with Crippen LogP contribution in [0.15, 0.2) is 18.3 Å². The molecule has 1 aromatic rings. The number of likely N-dealkylation sites (N-methyl/N-ethyl adjacent to an activating group) is 1. The van der Waals surface area contributed by atoms with Gasteiger partial charge in [0.2, 0.25) is 5.91 Å². The number of piperazine rings is 1. The van der Waals surface area contributed by atoms with E-state index < -0.39 is 0 Å². The molecular formula is C16H27N5O. The van der Waals surface area contributed by atoms with E-state index in [0.717, 1.165) is 50.5 Å². The molecule has 2 heterocycles. The van der Waals surface area contributed by atoms with Gasteiger partial charge in [0.05, 0.1) is 0 Å². The lowest BCUT2D eigenvalue weighted by atomic mass is 10.2. The number of hydrogen-bond donors (Lipinski definition) is 2. The van der Waals surface area contributed by atoms with Crippen LogP contribution in [0, 0.1) is 0 Å². The molecule has 0 aliphatic carbocycles. The monoisotopic (exact) mass is 305 g/mol. The summed E-state index contributed by atoms with van der Waals surface area (Å²) in [5.41, 5.74) is 1.10. The van der Waals surface area contributed by atoms with Gasteiger partial charge in [-0.25, -0.2) is 4.98 Å². The number of carbonyl (C=O) groups excluding carboxylic acids is 1. The van der Waals surface area contributed by atoms with E-state index in [1.807, 2.05) is 19.3 Å². The Hall–Kier alpha value is -1.66. The highest BCUT2D eigenvalue weighted by molar-refractivity contribution is 5.75. The fourth-order valence-electron chi connectivity index (χ4n) is 2.49. The summed E-state index contributed by atoms with van der Waals surface area (Å²) in [5, 5.41) is 6.02. The minimum absolute atomic E-state index is 0.105. The maximum atomic E-state index is 11.7. The summed E-state index contributed by atoms with van der Waals surface area (Å²) in [7, 11) is 4.04. The first-order valence-electron chi connectivity index (χ1n) is 7.99. The molecule has 1 fully saturated rings. The summed E-state index contributed by atoms with van der Waals surface area (Å²) in [6.45, 7) is 5.58. The van der Waals surface area contributed by atoms with Gasteiger partial charge < -0.3 is 20.4 Å². The van der Waals surface area contributed by atoms with E-state index in [0.29, 0.717) is 13.0 Å². The molecule has 0 saturated carbocycles. The summed E-state index contributed by atoms with van der Waals surface area (Å²) < 4.78 is 0. The summed E-state index contributed by atoms with van der Waals surface area (Å²) >= 11 is 0. The van der Waals surface area contributed by atoms with E-state index in [4.69, 9.17) is 0 Å². The average molecular weight is 305 g/mol. The molecule has 1 aliphatic heterocycles. The number of amides is 1. The van der Waals surface area contributed by atoms with Crippen molar-refractivity contribution in [3.8, 4) is 0 Å². The molecule has 6 nitrogen and oxygen atoms in total. The molecule has 0 spiro atoms. The Morgan fingerprint density at radius 2 is 2.09 bits per heavy atom. The van der Waals surface area contributed by atoms with Crippen molar-refractivity contribution in [2.24, 2.45) is 0 Å². The lowest BCUT2D eigenvalue weighted by molar-refractivity contribution is -0.121. The Bertz CT molecular complexity index is 471. The summed E-state index contributed by atoms with van der Waals surface area (Å²) in [4.78, 5) is 20.8. The molecule has 1 aromatic heterocycles. The molecule has 122 valence electrons. The maximum absolute atomic E-state index is 11.7. The number of carbonyl (C=O) groups is 1. The second-order valence-corrected chi connectivity index (χ2v) is 5.80. The van der Waals surface area contributed by atoms with Crippen molar-refractivity contribution >= 4 is 11.7 Å². The van der Waals surface area contributed by atoms with Crippen LogP contribution < -0.4 is 15.5 Å². The van der Waals surface area contributed by atoms with Crippen LogP contribution in [0.2, 0.25) is 0 Å². The van der Waals surface area contributed by atoms with Crippen LogP contribution in [0.5, 0.6) is 0 Å². The smallest absolute Gasteiger partial charge is 0.220 e. The van der Waals surface area contributed by atoms with E-state index in [2.05, 4.69) is 38.5 Å². The van der Waals surface area contributed by atoms with E-state index >= 15 is 0 Å². The van der Waals surface area contributed by atoms with Crippen molar-refractivity contribution < 1.29 is 4.79 Å². The highest BCUT2D eigenvalue weighted by Crippen LogP contribution is 2.14. The van der Waals surface area contributed by atoms with Gasteiger partial charge in [0, 0.05) is 45.3 Å². The van der Waals surface area contributed by atoms with Gasteiger partial charge in [0.15, 0.2) is 0 Å². The number of rotatable bonds is 7. The molecule has 1 amide bonds. The van der Waals surface area contributed by atoms with Crippen molar-refractivity contribution in [2.45, 2.75) is 19.4 Å². The SMILES string of the molecule is CNCCCC(=O)NCc1ccnc(N2CCN(C)CC2)c1. The van der Waals surface area contributed by atoms with Gasteiger partial charge in [-0.05, 0) is 44.8 Å². The minimum atomic E-state index is 0.105. The molecule has 6 heteroatoms. The van der Waals surface area contributed by atoms with Gasteiger partial charge in [-0.1, -0.05) is 0 Å². The first kappa shape index (κ1) is 16.7. The fourth-order valence-corrected chi connectivity index (χ4v) is 2.49. The van der Waals surface area contributed by atoms with Crippen molar-refractivity contribution in [3.05, 3.63) is 23.9 Å². The van der Waals surface area contributed by atoms with Gasteiger partial charge >= 0.3 is 0 Å². The van der Waals surface area contributed by atoms with Crippen molar-refractivity contribution in [1.29, 1.82) is 0 Å². The minimum Gasteiger partial charge on any atom is -0.354 e. The molecule has 22 heavy (non-hydrogen) atoms. The first-order valence-corrected chi connectivity index (χ1v) is 7.99. The van der Waals surface area contributed by atoms with E-state index in [-0.39, 0.29) is 5.91 Å². The first-order chi connectivity index (χ1) is 10.7. The van der Waals surface area contributed by atoms with E-state index in [9.17, 15) is 4.79 Å². The zero-order valence-corrected chi connectivity index (χ0v) is 13.6. The predicted molar refractivity (Wildman–Crippen MR) is 89.0 cm³/mol. The largest absolute Gasteiger partial charge is 0.354 e. The molecule has 1 aliphatic rings. The molecule has 0 atom stereocenters. The van der Waals surface area contributed by atoms with Crippen LogP contribution in [0.4, 0.5) is 5.82 Å². The van der Waals surface area contributed by atoms with E-state index in [1.54, 1.807) is 0 Å². The van der Waals surface area contributed by atoms with Crippen LogP contribution in [0.25, 0.3) is 0 Å². The molecule has 0 unspecified atom stereocenters. The number of anilines is 1. The summed E-state index contributed by atoms with van der Waals surface area (Å²) in [6.07, 6.45) is 3.26. The Morgan fingerprint density at radius 1 is 1.32 bits per heavy atom. The van der Waals surface area contributed by atoms with Crippen LogP contribution in [-0.4, -0.2) is 62.6 Å². The third-order valence-corrected chi connectivity index (χ3v) is 3.96. The normalized spacial score (nSPS) is 15.8. The highest BCUT2D eigenvalue weighted by atomic mass is 16.1. The molecule has 0 radical (unpaired) electrons. The Kier molecular flexibility index (Phi) is 6.61. The molecule has 0 aromatic carbocycles. The van der Waals surface area contributed by atoms with Crippen molar-refractivity contribution in [2.75, 3.05) is 51.7 Å². The summed E-state index contributed by atoms with van der Waals surface area (Å²) in [5.74, 6) is 1.11. The lowest BCUT2D eigenvalue weighted by Crippen LogP contribution is -2.44. The molecule has 2 rings (SSSR count). The zero-order valence-electron chi connectivity index (χ0n) is 13.6. The Morgan fingerprint density at radius 3 is 2.82 bits per heavy atom. The topological polar surface area (TPSA) is 60.5 Å². The molecule has 2 N–H and O–H groups in total. The Balaban J connectivity index is 1.82. The third kappa shape index (κ3) is 5.27. The lowest BCUT2D eigenvalue weighted by Gasteiger charge is -2.33. The standard InChI is InChI=1S/C16H27N5O/c1-17-6-3-4-16(22)19-13-14-5-7-18-15(12-14)21-10-8-20(2)9-11-21/h5,7,12,17H,3-4,6,8-11,13H2,1-2H3,(H,19,22). The summed E-state index contributed by atoms with van der Waals surface area (Å²) in [6, 6.07) is 4.05. The second kappa shape index (κ2) is 8.70. The van der Waals surface area contributed by atoms with Crippen LogP contribution in [0.3, 0.4) is 0 Å². The maximum Gasteiger partial charge on any atom is 0.220 e. The van der Waals surface area contributed by atoms with Crippen LogP contribution >= 0.6 is 0 Å².